The number of benzene rings is 2. The summed E-state index contributed by atoms with van der Waals surface area (Å²) in [5, 5.41) is 10.00. The van der Waals surface area contributed by atoms with Gasteiger partial charge in [0.15, 0.2) is 0 Å². The van der Waals surface area contributed by atoms with E-state index < -0.39 is 5.97 Å². The summed E-state index contributed by atoms with van der Waals surface area (Å²) in [6.07, 6.45) is 3.75. The maximum Gasteiger partial charge on any atom is 0.336 e. The normalized spacial score (nSPS) is 11.0. The molecule has 3 rings (SSSR count). The van der Waals surface area contributed by atoms with E-state index in [-0.39, 0.29) is 5.56 Å². The molecule has 0 radical (unpaired) electrons. The summed E-state index contributed by atoms with van der Waals surface area (Å²) in [6, 6.07) is 18.7. The Morgan fingerprint density at radius 1 is 0.952 bits per heavy atom. The van der Waals surface area contributed by atoms with Crippen molar-refractivity contribution in [2.24, 2.45) is 0 Å². The van der Waals surface area contributed by atoms with Crippen LogP contribution in [0.2, 0.25) is 0 Å². The summed E-state index contributed by atoms with van der Waals surface area (Å²) in [4.78, 5) is 15.9. The molecule has 2 aromatic carbocycles. The standard InChI is InChI=1S/C18H13NO2/c20-18(21)16-12-14(11-10-13-6-2-1-3-7-13)19-17-9-5-4-8-15(16)17/h1-12H,(H,20,21)/b11-10-. The van der Waals surface area contributed by atoms with Gasteiger partial charge in [-0.05, 0) is 23.8 Å². The highest BCUT2D eigenvalue weighted by atomic mass is 16.4. The summed E-state index contributed by atoms with van der Waals surface area (Å²) < 4.78 is 0. The van der Waals surface area contributed by atoms with Crippen molar-refractivity contribution >= 4 is 29.0 Å². The van der Waals surface area contributed by atoms with Crippen LogP contribution in [0.1, 0.15) is 21.6 Å². The molecule has 0 fully saturated rings. The molecule has 0 spiro atoms. The second-order valence-electron chi connectivity index (χ2n) is 4.66. The van der Waals surface area contributed by atoms with Crippen molar-refractivity contribution in [3.63, 3.8) is 0 Å². The minimum atomic E-state index is -0.942. The Morgan fingerprint density at radius 3 is 2.43 bits per heavy atom. The Morgan fingerprint density at radius 2 is 1.67 bits per heavy atom. The number of pyridine rings is 1. The van der Waals surface area contributed by atoms with E-state index in [1.807, 2.05) is 60.7 Å². The molecule has 3 aromatic rings. The first-order valence-corrected chi connectivity index (χ1v) is 6.60. The highest BCUT2D eigenvalue weighted by Gasteiger charge is 2.10. The fraction of sp³-hybridized carbons (Fsp3) is 0. The number of rotatable bonds is 3. The Bertz CT molecular complexity index is 823. The van der Waals surface area contributed by atoms with Gasteiger partial charge in [-0.1, -0.05) is 54.6 Å². The number of carbonyl (C=O) groups is 1. The predicted octanol–water partition coefficient (Wildman–Crippen LogP) is 4.10. The molecule has 0 aliphatic heterocycles. The summed E-state index contributed by atoms with van der Waals surface area (Å²) in [7, 11) is 0. The number of para-hydroxylation sites is 1. The Kier molecular flexibility index (Phi) is 3.48. The Balaban J connectivity index is 2.07. The zero-order valence-electron chi connectivity index (χ0n) is 11.2. The molecule has 0 amide bonds. The van der Waals surface area contributed by atoms with Gasteiger partial charge in [-0.2, -0.15) is 0 Å². The zero-order chi connectivity index (χ0) is 14.7. The van der Waals surface area contributed by atoms with Crippen LogP contribution < -0.4 is 0 Å². The van der Waals surface area contributed by atoms with E-state index >= 15 is 0 Å². The molecule has 0 saturated heterocycles. The van der Waals surface area contributed by atoms with Gasteiger partial charge in [0.1, 0.15) is 0 Å². The van der Waals surface area contributed by atoms with Crippen LogP contribution in [0, 0.1) is 0 Å². The maximum absolute atomic E-state index is 11.4. The number of hydrogen-bond acceptors (Lipinski definition) is 2. The lowest BCUT2D eigenvalue weighted by Gasteiger charge is -2.04. The summed E-state index contributed by atoms with van der Waals surface area (Å²) in [6.45, 7) is 0. The van der Waals surface area contributed by atoms with Crippen molar-refractivity contribution in [1.82, 2.24) is 4.98 Å². The van der Waals surface area contributed by atoms with E-state index in [0.29, 0.717) is 16.6 Å². The van der Waals surface area contributed by atoms with Crippen molar-refractivity contribution in [2.75, 3.05) is 0 Å². The van der Waals surface area contributed by atoms with E-state index in [0.717, 1.165) is 5.56 Å². The first-order valence-electron chi connectivity index (χ1n) is 6.60. The monoisotopic (exact) mass is 275 g/mol. The highest BCUT2D eigenvalue weighted by Crippen LogP contribution is 2.19. The number of fused-ring (bicyclic) bond motifs is 1. The topological polar surface area (TPSA) is 50.2 Å². The zero-order valence-corrected chi connectivity index (χ0v) is 11.2. The third-order valence-corrected chi connectivity index (χ3v) is 3.21. The van der Waals surface area contributed by atoms with Gasteiger partial charge in [-0.25, -0.2) is 9.78 Å². The van der Waals surface area contributed by atoms with Crippen molar-refractivity contribution in [3.05, 3.63) is 77.5 Å². The van der Waals surface area contributed by atoms with Gasteiger partial charge in [-0.3, -0.25) is 0 Å². The average molecular weight is 275 g/mol. The molecule has 0 saturated carbocycles. The van der Waals surface area contributed by atoms with Gasteiger partial charge < -0.3 is 5.11 Å². The van der Waals surface area contributed by atoms with Crippen LogP contribution in [0.15, 0.2) is 60.7 Å². The van der Waals surface area contributed by atoms with Crippen LogP contribution in [0.25, 0.3) is 23.1 Å². The van der Waals surface area contributed by atoms with Gasteiger partial charge in [0, 0.05) is 5.39 Å². The fourth-order valence-corrected chi connectivity index (χ4v) is 2.20. The molecule has 0 aliphatic rings. The van der Waals surface area contributed by atoms with Crippen LogP contribution in [-0.4, -0.2) is 16.1 Å². The van der Waals surface area contributed by atoms with Gasteiger partial charge >= 0.3 is 5.97 Å². The summed E-state index contributed by atoms with van der Waals surface area (Å²) in [5.74, 6) is -0.942. The molecule has 0 atom stereocenters. The van der Waals surface area contributed by atoms with Crippen LogP contribution in [0.3, 0.4) is 0 Å². The molecule has 0 unspecified atom stereocenters. The number of hydrogen-bond donors (Lipinski definition) is 1. The van der Waals surface area contributed by atoms with Crippen molar-refractivity contribution in [3.8, 4) is 0 Å². The molecule has 1 aromatic heterocycles. The van der Waals surface area contributed by atoms with E-state index in [9.17, 15) is 9.90 Å². The van der Waals surface area contributed by atoms with Crippen molar-refractivity contribution < 1.29 is 9.90 Å². The predicted molar refractivity (Wildman–Crippen MR) is 84.1 cm³/mol. The molecule has 0 bridgehead atoms. The van der Waals surface area contributed by atoms with Crippen LogP contribution in [0.5, 0.6) is 0 Å². The first-order chi connectivity index (χ1) is 10.2. The number of carboxylic acids is 1. The molecular weight excluding hydrogens is 262 g/mol. The highest BCUT2D eigenvalue weighted by molar-refractivity contribution is 6.03. The van der Waals surface area contributed by atoms with Crippen LogP contribution in [-0.2, 0) is 0 Å². The van der Waals surface area contributed by atoms with Crippen LogP contribution in [0.4, 0.5) is 0 Å². The average Bonchev–Trinajstić information content (AvgIpc) is 2.53. The molecule has 21 heavy (non-hydrogen) atoms. The Labute approximate surface area is 122 Å². The third-order valence-electron chi connectivity index (χ3n) is 3.21. The van der Waals surface area contributed by atoms with E-state index in [2.05, 4.69) is 4.98 Å². The lowest BCUT2D eigenvalue weighted by atomic mass is 10.1. The largest absolute Gasteiger partial charge is 0.478 e. The molecule has 1 N–H and O–H groups in total. The molecule has 3 heteroatoms. The lowest BCUT2D eigenvalue weighted by molar-refractivity contribution is 0.0699. The van der Waals surface area contributed by atoms with Gasteiger partial charge in [-0.15, -0.1) is 0 Å². The molecule has 1 heterocycles. The van der Waals surface area contributed by atoms with Gasteiger partial charge in [0.2, 0.25) is 0 Å². The number of carboxylic acid groups (broad SMARTS) is 1. The SMILES string of the molecule is O=C(O)c1cc(/C=C\c2ccccc2)nc2ccccc12. The van der Waals surface area contributed by atoms with Crippen molar-refractivity contribution in [2.45, 2.75) is 0 Å². The third kappa shape index (κ3) is 2.82. The minimum absolute atomic E-state index is 0.272. The number of nitrogens with zero attached hydrogens (tertiary/aromatic N) is 1. The quantitative estimate of drug-likeness (QED) is 0.782. The van der Waals surface area contributed by atoms with Crippen molar-refractivity contribution in [1.29, 1.82) is 0 Å². The van der Waals surface area contributed by atoms with Gasteiger partial charge in [0.05, 0.1) is 16.8 Å². The van der Waals surface area contributed by atoms with E-state index in [1.54, 1.807) is 12.1 Å². The molecule has 0 aliphatic carbocycles. The summed E-state index contributed by atoms with van der Waals surface area (Å²) >= 11 is 0. The molecule has 102 valence electrons. The molecular formula is C18H13NO2. The summed E-state index contributed by atoms with van der Waals surface area (Å²) in [5.41, 5.74) is 2.64. The fourth-order valence-electron chi connectivity index (χ4n) is 2.20. The Hall–Kier alpha value is -2.94. The molecule has 3 nitrogen and oxygen atoms in total. The van der Waals surface area contributed by atoms with E-state index in [1.165, 1.54) is 0 Å². The smallest absolute Gasteiger partial charge is 0.336 e. The van der Waals surface area contributed by atoms with Gasteiger partial charge in [0.25, 0.3) is 0 Å². The van der Waals surface area contributed by atoms with Crippen LogP contribution >= 0.6 is 0 Å². The minimum Gasteiger partial charge on any atom is -0.478 e. The van der Waals surface area contributed by atoms with E-state index in [4.69, 9.17) is 0 Å². The number of aromatic carboxylic acids is 1. The number of aromatic nitrogens is 1. The first kappa shape index (κ1) is 13.1. The maximum atomic E-state index is 11.4. The lowest BCUT2D eigenvalue weighted by Crippen LogP contribution is -2.00. The second-order valence-corrected chi connectivity index (χ2v) is 4.66. The second kappa shape index (κ2) is 5.59.